The van der Waals surface area contributed by atoms with E-state index >= 15 is 4.39 Å². The van der Waals surface area contributed by atoms with Crippen molar-refractivity contribution in [2.75, 3.05) is 13.1 Å². The van der Waals surface area contributed by atoms with Crippen LogP contribution >= 0.6 is 0 Å². The minimum atomic E-state index is -1.08. The number of amides is 2. The number of aliphatic hydroxyl groups is 2. The first kappa shape index (κ1) is 40.9. The van der Waals surface area contributed by atoms with E-state index in [0.29, 0.717) is 66.6 Å². The molecule has 298 valence electrons. The number of benzene rings is 4. The van der Waals surface area contributed by atoms with E-state index in [4.69, 9.17) is 9.47 Å². The van der Waals surface area contributed by atoms with Crippen LogP contribution in [0.5, 0.6) is 0 Å². The second-order valence-electron chi connectivity index (χ2n) is 17.0. The van der Waals surface area contributed by atoms with Crippen LogP contribution in [0.4, 0.5) is 18.4 Å². The van der Waals surface area contributed by atoms with Gasteiger partial charge in [0.05, 0.1) is 24.3 Å². The number of aliphatic hydroxyl groups excluding tert-OH is 2. The summed E-state index contributed by atoms with van der Waals surface area (Å²) in [6.45, 7) is 11.7. The summed E-state index contributed by atoms with van der Waals surface area (Å²) in [6.07, 6.45) is -0.553. The van der Waals surface area contributed by atoms with Crippen LogP contribution in [-0.4, -0.2) is 80.8 Å². The molecule has 6 rings (SSSR count). The molecule has 56 heavy (non-hydrogen) atoms. The third-order valence-electron chi connectivity index (χ3n) is 10.6. The standard InChI is InChI=1S/C46H54F2N2O6/c1-45(2,3)55-43(53)49-25-11-17-37(49)41(51)39(30-13-8-7-9-14-30)33-23-24-35(36(48)28-33)29-19-21-31(22-20-29)40(32-15-10-16-34(47)27-32)42(52)38-18-12-26-50(38)44(54)56-46(4,5)6/h7-10,13-16,19-24,27-28,37-42,51-52H,11-12,17-18,25-26H2,1-6H3/t37-,38-,39+,40-,41-,42+/m1/s1. The van der Waals surface area contributed by atoms with E-state index in [0.717, 1.165) is 5.56 Å². The summed E-state index contributed by atoms with van der Waals surface area (Å²) in [7, 11) is 0. The van der Waals surface area contributed by atoms with Gasteiger partial charge in [0.15, 0.2) is 0 Å². The molecule has 2 saturated heterocycles. The molecule has 2 fully saturated rings. The Bertz CT molecular complexity index is 1980. The van der Waals surface area contributed by atoms with Gasteiger partial charge in [-0.2, -0.15) is 0 Å². The van der Waals surface area contributed by atoms with Crippen molar-refractivity contribution in [3.8, 4) is 11.1 Å². The second-order valence-corrected chi connectivity index (χ2v) is 17.0. The van der Waals surface area contributed by atoms with Gasteiger partial charge in [-0.05, 0) is 113 Å². The Morgan fingerprint density at radius 2 is 1.09 bits per heavy atom. The first-order valence-electron chi connectivity index (χ1n) is 19.6. The Morgan fingerprint density at radius 3 is 1.57 bits per heavy atom. The van der Waals surface area contributed by atoms with Gasteiger partial charge >= 0.3 is 12.2 Å². The van der Waals surface area contributed by atoms with Crippen LogP contribution in [0.25, 0.3) is 11.1 Å². The quantitative estimate of drug-likeness (QED) is 0.176. The van der Waals surface area contributed by atoms with Gasteiger partial charge in [0.2, 0.25) is 0 Å². The highest BCUT2D eigenvalue weighted by atomic mass is 19.1. The fourth-order valence-electron chi connectivity index (χ4n) is 8.20. The van der Waals surface area contributed by atoms with Crippen molar-refractivity contribution in [2.24, 2.45) is 0 Å². The summed E-state index contributed by atoms with van der Waals surface area (Å²) in [6, 6.07) is 26.5. The maximum atomic E-state index is 16.3. The summed E-state index contributed by atoms with van der Waals surface area (Å²) >= 11 is 0. The topological polar surface area (TPSA) is 99.5 Å². The number of rotatable bonds is 9. The molecule has 0 bridgehead atoms. The molecule has 0 aromatic heterocycles. The fraction of sp³-hybridized carbons (Fsp3) is 0.435. The van der Waals surface area contributed by atoms with Crippen molar-refractivity contribution < 1.29 is 38.1 Å². The molecule has 2 aliphatic heterocycles. The zero-order valence-corrected chi connectivity index (χ0v) is 33.1. The van der Waals surface area contributed by atoms with Crippen LogP contribution in [0.3, 0.4) is 0 Å². The minimum Gasteiger partial charge on any atom is -0.444 e. The summed E-state index contributed by atoms with van der Waals surface area (Å²) in [4.78, 5) is 29.5. The molecule has 8 nitrogen and oxygen atoms in total. The minimum absolute atomic E-state index is 0.340. The average molecular weight is 769 g/mol. The van der Waals surface area contributed by atoms with Crippen molar-refractivity contribution in [1.29, 1.82) is 0 Å². The number of likely N-dealkylation sites (tertiary alicyclic amines) is 2. The lowest BCUT2D eigenvalue weighted by Gasteiger charge is -2.35. The van der Waals surface area contributed by atoms with Crippen LogP contribution in [0.2, 0.25) is 0 Å². The normalized spacial score (nSPS) is 19.7. The van der Waals surface area contributed by atoms with E-state index in [9.17, 15) is 24.2 Å². The van der Waals surface area contributed by atoms with Gasteiger partial charge in [0, 0.05) is 30.5 Å². The second kappa shape index (κ2) is 16.7. The third-order valence-corrected chi connectivity index (χ3v) is 10.6. The smallest absolute Gasteiger partial charge is 0.410 e. The molecule has 0 aliphatic carbocycles. The van der Waals surface area contributed by atoms with Crippen LogP contribution < -0.4 is 0 Å². The molecule has 4 aromatic carbocycles. The number of carbonyl (C=O) groups excluding carboxylic acids is 2. The van der Waals surface area contributed by atoms with Crippen LogP contribution in [0.1, 0.15) is 101 Å². The van der Waals surface area contributed by atoms with Crippen molar-refractivity contribution in [2.45, 2.75) is 115 Å². The van der Waals surface area contributed by atoms with E-state index in [-0.39, 0.29) is 0 Å². The summed E-state index contributed by atoms with van der Waals surface area (Å²) < 4.78 is 42.2. The predicted molar refractivity (Wildman–Crippen MR) is 212 cm³/mol. The zero-order valence-electron chi connectivity index (χ0n) is 33.1. The Labute approximate surface area is 329 Å². The van der Waals surface area contributed by atoms with Crippen molar-refractivity contribution in [3.63, 3.8) is 0 Å². The number of hydrogen-bond acceptors (Lipinski definition) is 6. The molecule has 4 aromatic rings. The van der Waals surface area contributed by atoms with Crippen LogP contribution in [0.15, 0.2) is 97.1 Å². The molecular formula is C46H54F2N2O6. The van der Waals surface area contributed by atoms with Crippen molar-refractivity contribution >= 4 is 12.2 Å². The van der Waals surface area contributed by atoms with Crippen molar-refractivity contribution in [3.05, 3.63) is 131 Å². The Hall–Kier alpha value is -4.80. The Balaban J connectivity index is 1.29. The summed E-state index contributed by atoms with van der Waals surface area (Å²) in [5, 5.41) is 23.9. The zero-order chi connectivity index (χ0) is 40.4. The maximum Gasteiger partial charge on any atom is 0.410 e. The highest BCUT2D eigenvalue weighted by Crippen LogP contribution is 2.39. The lowest BCUT2D eigenvalue weighted by Crippen LogP contribution is -2.47. The molecule has 2 aliphatic rings. The van der Waals surface area contributed by atoms with E-state index in [1.165, 1.54) is 18.2 Å². The van der Waals surface area contributed by atoms with Gasteiger partial charge in [0.25, 0.3) is 0 Å². The Morgan fingerprint density at radius 1 is 0.625 bits per heavy atom. The highest BCUT2D eigenvalue weighted by molar-refractivity contribution is 5.70. The van der Waals surface area contributed by atoms with E-state index < -0.39 is 71.2 Å². The van der Waals surface area contributed by atoms with Gasteiger partial charge in [-0.25, -0.2) is 18.4 Å². The maximum absolute atomic E-state index is 16.3. The lowest BCUT2D eigenvalue weighted by molar-refractivity contribution is 0.00204. The average Bonchev–Trinajstić information content (AvgIpc) is 3.83. The fourth-order valence-corrected chi connectivity index (χ4v) is 8.20. The molecule has 0 radical (unpaired) electrons. The SMILES string of the molecule is CC(C)(C)OC(=O)N1CCC[C@@H]1[C@H](O)[C@H](c1ccc(-c2ccc([C@H](c3ccccc3)[C@H](O)[C@H]3CCCN3C(=O)OC(C)(C)C)cc2F)cc1)c1cccc(F)c1. The van der Waals surface area contributed by atoms with Gasteiger partial charge in [0.1, 0.15) is 22.8 Å². The van der Waals surface area contributed by atoms with E-state index in [1.807, 2.05) is 36.4 Å². The lowest BCUT2D eigenvalue weighted by atomic mass is 9.81. The molecule has 0 spiro atoms. The molecule has 2 N–H and O–H groups in total. The molecule has 2 heterocycles. The molecule has 0 saturated carbocycles. The number of halogens is 2. The molecular weight excluding hydrogens is 715 g/mol. The number of carbonyl (C=O) groups is 2. The first-order chi connectivity index (χ1) is 26.5. The number of hydrogen-bond donors (Lipinski definition) is 2. The predicted octanol–water partition coefficient (Wildman–Crippen LogP) is 9.42. The largest absolute Gasteiger partial charge is 0.444 e. The molecule has 2 amide bonds. The van der Waals surface area contributed by atoms with Gasteiger partial charge in [-0.1, -0.05) is 78.9 Å². The molecule has 10 heteroatoms. The Kier molecular flexibility index (Phi) is 12.2. The first-order valence-corrected chi connectivity index (χ1v) is 19.6. The number of nitrogens with zero attached hydrogens (tertiary/aromatic N) is 2. The van der Waals surface area contributed by atoms with Crippen LogP contribution in [0, 0.1) is 11.6 Å². The van der Waals surface area contributed by atoms with E-state index in [1.54, 1.807) is 93.8 Å². The van der Waals surface area contributed by atoms with Crippen LogP contribution in [-0.2, 0) is 9.47 Å². The van der Waals surface area contributed by atoms with Crippen molar-refractivity contribution in [1.82, 2.24) is 9.80 Å². The van der Waals surface area contributed by atoms with E-state index in [2.05, 4.69) is 0 Å². The third kappa shape index (κ3) is 9.41. The molecule has 0 unspecified atom stereocenters. The van der Waals surface area contributed by atoms with Gasteiger partial charge in [-0.15, -0.1) is 0 Å². The molecule has 6 atom stereocenters. The summed E-state index contributed by atoms with van der Waals surface area (Å²) in [5.74, 6) is -2.25. The van der Waals surface area contributed by atoms with Gasteiger partial charge < -0.3 is 29.5 Å². The van der Waals surface area contributed by atoms with Gasteiger partial charge in [-0.3, -0.25) is 0 Å². The number of ether oxygens (including phenoxy) is 2. The highest BCUT2D eigenvalue weighted by Gasteiger charge is 2.42. The monoisotopic (exact) mass is 768 g/mol. The summed E-state index contributed by atoms with van der Waals surface area (Å²) in [5.41, 5.74) is 2.12.